The van der Waals surface area contributed by atoms with E-state index in [1.54, 1.807) is 12.1 Å². The van der Waals surface area contributed by atoms with Crippen LogP contribution in [0, 0.1) is 17.0 Å². The van der Waals surface area contributed by atoms with Gasteiger partial charge in [-0.2, -0.15) is 0 Å². The minimum Gasteiger partial charge on any atom is -0.479 e. The van der Waals surface area contributed by atoms with Crippen LogP contribution in [0.3, 0.4) is 0 Å². The Hall–Kier alpha value is -1.66. The van der Waals surface area contributed by atoms with Gasteiger partial charge in [0.1, 0.15) is 11.6 Å². The van der Waals surface area contributed by atoms with Gasteiger partial charge in [-0.25, -0.2) is 4.98 Å². The molecule has 1 aromatic carbocycles. The molecule has 0 amide bonds. The van der Waals surface area contributed by atoms with E-state index in [0.29, 0.717) is 0 Å². The van der Waals surface area contributed by atoms with E-state index < -0.39 is 4.92 Å². The second-order valence-corrected chi connectivity index (χ2v) is 5.07. The molecule has 100 valence electrons. The van der Waals surface area contributed by atoms with Crippen LogP contribution in [0.2, 0.25) is 0 Å². The van der Waals surface area contributed by atoms with E-state index in [1.807, 2.05) is 12.3 Å². The molecule has 2 aromatic rings. The van der Waals surface area contributed by atoms with Gasteiger partial charge in [0.2, 0.25) is 0 Å². The van der Waals surface area contributed by atoms with Gasteiger partial charge in [-0.15, -0.1) is 22.9 Å². The number of rotatable bonds is 5. The van der Waals surface area contributed by atoms with Crippen LogP contribution in [0.5, 0.6) is 5.75 Å². The molecule has 0 fully saturated rings. The first-order valence-electron chi connectivity index (χ1n) is 5.47. The molecule has 19 heavy (non-hydrogen) atoms. The summed E-state index contributed by atoms with van der Waals surface area (Å²) in [6.45, 7) is 2.10. The molecule has 2 rings (SSSR count). The number of aryl methyl sites for hydroxylation is 1. The molecule has 0 atom stereocenters. The van der Waals surface area contributed by atoms with Gasteiger partial charge in [-0.05, 0) is 18.6 Å². The fourth-order valence-corrected chi connectivity index (χ4v) is 2.37. The van der Waals surface area contributed by atoms with Crippen molar-refractivity contribution in [3.05, 3.63) is 50.0 Å². The molecule has 0 radical (unpaired) electrons. The maximum Gasteiger partial charge on any atom is 0.310 e. The molecule has 0 saturated heterocycles. The van der Waals surface area contributed by atoms with Crippen LogP contribution in [-0.2, 0) is 12.5 Å². The molecular weight excluding hydrogens is 288 g/mol. The molecule has 0 bridgehead atoms. The molecular formula is C12H11ClN2O3S. The standard InChI is InChI=1S/C12H11ClN2O3S/c1-8-7-19-12(14-8)6-18-11-4-9(5-13)2-3-10(11)15(16)17/h2-4,7H,5-6H2,1H3. The van der Waals surface area contributed by atoms with Crippen LogP contribution in [-0.4, -0.2) is 9.91 Å². The number of alkyl halides is 1. The molecule has 0 aliphatic carbocycles. The second kappa shape index (κ2) is 5.99. The summed E-state index contributed by atoms with van der Waals surface area (Å²) in [6, 6.07) is 4.61. The predicted molar refractivity (Wildman–Crippen MR) is 73.8 cm³/mol. The number of ether oxygens (including phenoxy) is 1. The Kier molecular flexibility index (Phi) is 4.34. The Morgan fingerprint density at radius 1 is 1.53 bits per heavy atom. The Morgan fingerprint density at radius 3 is 2.89 bits per heavy atom. The third kappa shape index (κ3) is 3.42. The number of thiazole rings is 1. The number of hydrogen-bond acceptors (Lipinski definition) is 5. The molecule has 1 heterocycles. The zero-order chi connectivity index (χ0) is 13.8. The summed E-state index contributed by atoms with van der Waals surface area (Å²) >= 11 is 7.18. The van der Waals surface area contributed by atoms with Crippen molar-refractivity contribution in [3.8, 4) is 5.75 Å². The predicted octanol–water partition coefficient (Wildman–Crippen LogP) is 3.68. The molecule has 0 spiro atoms. The van der Waals surface area contributed by atoms with Crippen molar-refractivity contribution in [1.29, 1.82) is 0 Å². The van der Waals surface area contributed by atoms with E-state index >= 15 is 0 Å². The van der Waals surface area contributed by atoms with Gasteiger partial charge in [0.15, 0.2) is 5.75 Å². The van der Waals surface area contributed by atoms with Crippen molar-refractivity contribution in [2.24, 2.45) is 0 Å². The molecule has 7 heteroatoms. The number of benzene rings is 1. The number of halogens is 1. The average molecular weight is 299 g/mol. The van der Waals surface area contributed by atoms with Crippen LogP contribution in [0.15, 0.2) is 23.6 Å². The highest BCUT2D eigenvalue weighted by atomic mass is 35.5. The SMILES string of the molecule is Cc1csc(COc2cc(CCl)ccc2[N+](=O)[O-])n1. The lowest BCUT2D eigenvalue weighted by Gasteiger charge is -2.06. The van der Waals surface area contributed by atoms with Gasteiger partial charge < -0.3 is 4.74 Å². The van der Waals surface area contributed by atoms with Crippen LogP contribution in [0.4, 0.5) is 5.69 Å². The Bertz CT molecular complexity index is 600. The third-order valence-electron chi connectivity index (χ3n) is 2.39. The monoisotopic (exact) mass is 298 g/mol. The molecule has 0 N–H and O–H groups in total. The van der Waals surface area contributed by atoms with Gasteiger partial charge in [0.05, 0.1) is 4.92 Å². The van der Waals surface area contributed by atoms with E-state index in [9.17, 15) is 10.1 Å². The van der Waals surface area contributed by atoms with Gasteiger partial charge in [-0.1, -0.05) is 6.07 Å². The highest BCUT2D eigenvalue weighted by Crippen LogP contribution is 2.29. The maximum absolute atomic E-state index is 10.9. The lowest BCUT2D eigenvalue weighted by molar-refractivity contribution is -0.386. The number of aromatic nitrogens is 1. The van der Waals surface area contributed by atoms with Crippen molar-refractivity contribution in [3.63, 3.8) is 0 Å². The Balaban J connectivity index is 2.19. The van der Waals surface area contributed by atoms with Crippen LogP contribution < -0.4 is 4.74 Å². The van der Waals surface area contributed by atoms with Gasteiger partial charge in [0.25, 0.3) is 0 Å². The number of nitrogens with zero attached hydrogens (tertiary/aromatic N) is 2. The maximum atomic E-state index is 10.9. The molecule has 0 aliphatic rings. The quantitative estimate of drug-likeness (QED) is 0.480. The van der Waals surface area contributed by atoms with E-state index in [-0.39, 0.29) is 23.9 Å². The van der Waals surface area contributed by atoms with Crippen LogP contribution in [0.25, 0.3) is 0 Å². The minimum absolute atomic E-state index is 0.0675. The Labute approximate surface area is 119 Å². The molecule has 1 aromatic heterocycles. The second-order valence-electron chi connectivity index (χ2n) is 3.86. The fourth-order valence-electron chi connectivity index (χ4n) is 1.52. The topological polar surface area (TPSA) is 65.3 Å². The summed E-state index contributed by atoms with van der Waals surface area (Å²) in [5, 5.41) is 13.6. The summed E-state index contributed by atoms with van der Waals surface area (Å²) in [6.07, 6.45) is 0. The fraction of sp³-hybridized carbons (Fsp3) is 0.250. The van der Waals surface area contributed by atoms with Crippen molar-refractivity contribution < 1.29 is 9.66 Å². The average Bonchev–Trinajstić information content (AvgIpc) is 2.81. The van der Waals surface area contributed by atoms with E-state index in [0.717, 1.165) is 16.3 Å². The van der Waals surface area contributed by atoms with Crippen LogP contribution in [0.1, 0.15) is 16.3 Å². The van der Waals surface area contributed by atoms with Crippen molar-refractivity contribution in [2.45, 2.75) is 19.4 Å². The normalized spacial score (nSPS) is 10.4. The highest BCUT2D eigenvalue weighted by Gasteiger charge is 2.16. The largest absolute Gasteiger partial charge is 0.479 e. The smallest absolute Gasteiger partial charge is 0.310 e. The number of nitro groups is 1. The summed E-state index contributed by atoms with van der Waals surface area (Å²) in [5.41, 5.74) is 1.62. The first-order valence-corrected chi connectivity index (χ1v) is 6.88. The number of nitro benzene ring substituents is 1. The number of hydrogen-bond donors (Lipinski definition) is 0. The first kappa shape index (κ1) is 13.8. The van der Waals surface area contributed by atoms with Gasteiger partial charge in [-0.3, -0.25) is 10.1 Å². The summed E-state index contributed by atoms with van der Waals surface area (Å²) in [4.78, 5) is 14.7. The third-order valence-corrected chi connectivity index (χ3v) is 3.64. The molecule has 0 saturated carbocycles. The molecule has 5 nitrogen and oxygen atoms in total. The molecule has 0 aliphatic heterocycles. The summed E-state index contributed by atoms with van der Waals surface area (Å²) < 4.78 is 5.49. The zero-order valence-electron chi connectivity index (χ0n) is 10.1. The summed E-state index contributed by atoms with van der Waals surface area (Å²) in [7, 11) is 0. The Morgan fingerprint density at radius 2 is 2.32 bits per heavy atom. The van der Waals surface area contributed by atoms with Crippen molar-refractivity contribution in [1.82, 2.24) is 4.98 Å². The van der Waals surface area contributed by atoms with Gasteiger partial charge in [0, 0.05) is 23.0 Å². The van der Waals surface area contributed by atoms with Crippen LogP contribution >= 0.6 is 22.9 Å². The lowest BCUT2D eigenvalue weighted by atomic mass is 10.2. The van der Waals surface area contributed by atoms with E-state index in [4.69, 9.17) is 16.3 Å². The van der Waals surface area contributed by atoms with Gasteiger partial charge >= 0.3 is 5.69 Å². The minimum atomic E-state index is -0.472. The molecule has 0 unspecified atom stereocenters. The summed E-state index contributed by atoms with van der Waals surface area (Å²) in [5.74, 6) is 0.501. The van der Waals surface area contributed by atoms with Crippen molar-refractivity contribution in [2.75, 3.05) is 0 Å². The lowest BCUT2D eigenvalue weighted by Crippen LogP contribution is -1.99. The van der Waals surface area contributed by atoms with E-state index in [1.165, 1.54) is 17.4 Å². The first-order chi connectivity index (χ1) is 9.10. The zero-order valence-corrected chi connectivity index (χ0v) is 11.7. The highest BCUT2D eigenvalue weighted by molar-refractivity contribution is 7.09. The van der Waals surface area contributed by atoms with Crippen molar-refractivity contribution >= 4 is 28.6 Å². The van der Waals surface area contributed by atoms with E-state index in [2.05, 4.69) is 4.98 Å².